The minimum atomic E-state index is -3.59. The number of carbonyl (C=O) groups is 1. The average molecular weight is 411 g/mol. The first-order valence-electron chi connectivity index (χ1n) is 8.52. The molecular weight excluding hydrogens is 388 g/mol. The van der Waals surface area contributed by atoms with Crippen molar-refractivity contribution in [3.8, 4) is 5.75 Å². The predicted octanol–water partition coefficient (Wildman–Crippen LogP) is 2.86. The lowest BCUT2D eigenvalue weighted by atomic mass is 10.1. The fourth-order valence-electron chi connectivity index (χ4n) is 2.40. The van der Waals surface area contributed by atoms with Gasteiger partial charge in [0, 0.05) is 0 Å². The van der Waals surface area contributed by atoms with Crippen LogP contribution in [0.2, 0.25) is 5.02 Å². The highest BCUT2D eigenvalue weighted by molar-refractivity contribution is 7.92. The van der Waals surface area contributed by atoms with Crippen molar-refractivity contribution in [1.29, 1.82) is 0 Å². The van der Waals surface area contributed by atoms with E-state index in [0.717, 1.165) is 22.5 Å². The van der Waals surface area contributed by atoms with Gasteiger partial charge < -0.3 is 10.1 Å². The molecule has 0 aliphatic heterocycles. The maximum atomic E-state index is 12.2. The van der Waals surface area contributed by atoms with E-state index in [-0.39, 0.29) is 19.7 Å². The van der Waals surface area contributed by atoms with E-state index < -0.39 is 15.9 Å². The molecule has 6 nitrogen and oxygen atoms in total. The van der Waals surface area contributed by atoms with Crippen LogP contribution in [0, 0.1) is 0 Å². The van der Waals surface area contributed by atoms with Crippen LogP contribution in [0.5, 0.6) is 5.75 Å². The molecular formula is C19H23ClN2O4S. The third kappa shape index (κ3) is 6.45. The molecule has 0 fully saturated rings. The number of nitrogens with zero attached hydrogens (tertiary/aromatic N) is 1. The smallest absolute Gasteiger partial charge is 0.240 e. The maximum Gasteiger partial charge on any atom is 0.240 e. The second kappa shape index (κ2) is 9.62. The summed E-state index contributed by atoms with van der Waals surface area (Å²) in [5.41, 5.74) is 1.55. The van der Waals surface area contributed by atoms with E-state index in [9.17, 15) is 13.2 Å². The molecule has 1 amide bonds. The third-order valence-electron chi connectivity index (χ3n) is 3.84. The molecule has 0 unspecified atom stereocenters. The summed E-state index contributed by atoms with van der Waals surface area (Å²) in [5.74, 6) is 0.116. The van der Waals surface area contributed by atoms with Gasteiger partial charge in [-0.1, -0.05) is 42.8 Å². The van der Waals surface area contributed by atoms with Gasteiger partial charge in [-0.25, -0.2) is 8.42 Å². The molecule has 8 heteroatoms. The quantitative estimate of drug-likeness (QED) is 0.645. The number of ether oxygens (including phenoxy) is 1. The van der Waals surface area contributed by atoms with Gasteiger partial charge in [0.15, 0.2) is 0 Å². The number of nitrogens with one attached hydrogen (secondary N) is 1. The van der Waals surface area contributed by atoms with Gasteiger partial charge in [-0.05, 0) is 36.2 Å². The van der Waals surface area contributed by atoms with Gasteiger partial charge in [0.1, 0.15) is 18.9 Å². The van der Waals surface area contributed by atoms with Crippen LogP contribution >= 0.6 is 11.6 Å². The van der Waals surface area contributed by atoms with E-state index in [1.54, 1.807) is 36.4 Å². The van der Waals surface area contributed by atoms with Crippen molar-refractivity contribution in [2.75, 3.05) is 30.3 Å². The van der Waals surface area contributed by atoms with Gasteiger partial charge in [-0.2, -0.15) is 0 Å². The molecule has 27 heavy (non-hydrogen) atoms. The van der Waals surface area contributed by atoms with Crippen molar-refractivity contribution in [3.63, 3.8) is 0 Å². The highest BCUT2D eigenvalue weighted by Crippen LogP contribution is 2.22. The van der Waals surface area contributed by atoms with Crippen LogP contribution in [0.4, 0.5) is 5.69 Å². The van der Waals surface area contributed by atoms with E-state index in [1.807, 2.05) is 19.1 Å². The number of amides is 1. The van der Waals surface area contributed by atoms with E-state index in [2.05, 4.69) is 5.32 Å². The first-order valence-corrected chi connectivity index (χ1v) is 10.7. The Balaban J connectivity index is 1.91. The second-order valence-corrected chi connectivity index (χ2v) is 8.23. The summed E-state index contributed by atoms with van der Waals surface area (Å²) in [4.78, 5) is 12.2. The van der Waals surface area contributed by atoms with Crippen molar-refractivity contribution in [1.82, 2.24) is 5.32 Å². The number of sulfonamides is 1. The van der Waals surface area contributed by atoms with E-state index in [1.165, 1.54) is 0 Å². The van der Waals surface area contributed by atoms with Crippen molar-refractivity contribution >= 4 is 33.2 Å². The summed E-state index contributed by atoms with van der Waals surface area (Å²) >= 11 is 5.99. The lowest BCUT2D eigenvalue weighted by molar-refractivity contribution is -0.119. The lowest BCUT2D eigenvalue weighted by Gasteiger charge is -2.22. The van der Waals surface area contributed by atoms with Gasteiger partial charge in [-0.15, -0.1) is 0 Å². The number of para-hydroxylation sites is 1. The van der Waals surface area contributed by atoms with Crippen LogP contribution in [0.15, 0.2) is 48.5 Å². The fourth-order valence-corrected chi connectivity index (χ4v) is 3.44. The van der Waals surface area contributed by atoms with Crippen LogP contribution in [0.25, 0.3) is 0 Å². The van der Waals surface area contributed by atoms with Crippen LogP contribution < -0.4 is 14.4 Å². The van der Waals surface area contributed by atoms with Crippen LogP contribution in [0.3, 0.4) is 0 Å². The normalized spacial score (nSPS) is 11.1. The van der Waals surface area contributed by atoms with Gasteiger partial charge >= 0.3 is 0 Å². The zero-order valence-electron chi connectivity index (χ0n) is 15.3. The first kappa shape index (κ1) is 21.1. The number of hydrogen-bond acceptors (Lipinski definition) is 4. The molecule has 0 spiro atoms. The molecule has 0 heterocycles. The Bertz CT molecular complexity index is 870. The van der Waals surface area contributed by atoms with Gasteiger partial charge in [0.05, 0.1) is 23.5 Å². The minimum Gasteiger partial charge on any atom is -0.490 e. The number of carbonyl (C=O) groups excluding carboxylic acids is 1. The summed E-state index contributed by atoms with van der Waals surface area (Å²) in [6.07, 6.45) is 1.93. The van der Waals surface area contributed by atoms with E-state index in [0.29, 0.717) is 16.5 Å². The Labute approximate surface area is 165 Å². The lowest BCUT2D eigenvalue weighted by Crippen LogP contribution is -2.41. The Morgan fingerprint density at radius 3 is 2.41 bits per heavy atom. The first-order chi connectivity index (χ1) is 12.8. The van der Waals surface area contributed by atoms with Crippen LogP contribution in [-0.4, -0.2) is 40.3 Å². The molecule has 2 aromatic carbocycles. The Kier molecular flexibility index (Phi) is 7.50. The van der Waals surface area contributed by atoms with Crippen LogP contribution in [0.1, 0.15) is 12.5 Å². The molecule has 0 bridgehead atoms. The third-order valence-corrected chi connectivity index (χ3v) is 5.29. The Hall–Kier alpha value is -2.25. The molecule has 0 saturated carbocycles. The molecule has 0 radical (unpaired) electrons. The number of hydrogen-bond donors (Lipinski definition) is 1. The van der Waals surface area contributed by atoms with Crippen molar-refractivity contribution in [2.45, 2.75) is 13.3 Å². The summed E-state index contributed by atoms with van der Waals surface area (Å²) in [6, 6.07) is 14.1. The SMILES string of the molecule is CCc1ccc(N(CC(=O)NCCOc2ccccc2Cl)S(C)(=O)=O)cc1. The number of benzene rings is 2. The summed E-state index contributed by atoms with van der Waals surface area (Å²) in [7, 11) is -3.59. The second-order valence-electron chi connectivity index (χ2n) is 5.92. The fraction of sp³-hybridized carbons (Fsp3) is 0.316. The Morgan fingerprint density at radius 1 is 1.15 bits per heavy atom. The molecule has 0 atom stereocenters. The number of halogens is 1. The number of rotatable bonds is 9. The van der Waals surface area contributed by atoms with Crippen LogP contribution in [-0.2, 0) is 21.2 Å². The zero-order chi connectivity index (χ0) is 19.9. The van der Waals surface area contributed by atoms with E-state index >= 15 is 0 Å². The topological polar surface area (TPSA) is 75.7 Å². The molecule has 0 saturated heterocycles. The monoisotopic (exact) mass is 410 g/mol. The summed E-state index contributed by atoms with van der Waals surface area (Å²) in [5, 5.41) is 3.14. The van der Waals surface area contributed by atoms with Crippen molar-refractivity contribution in [2.24, 2.45) is 0 Å². The Morgan fingerprint density at radius 2 is 1.81 bits per heavy atom. The largest absolute Gasteiger partial charge is 0.490 e. The molecule has 0 aromatic heterocycles. The zero-order valence-corrected chi connectivity index (χ0v) is 16.9. The predicted molar refractivity (Wildman–Crippen MR) is 108 cm³/mol. The number of aryl methyl sites for hydroxylation is 1. The number of anilines is 1. The average Bonchev–Trinajstić information content (AvgIpc) is 2.64. The van der Waals surface area contributed by atoms with Gasteiger partial charge in [0.25, 0.3) is 0 Å². The summed E-state index contributed by atoms with van der Waals surface area (Å²) in [6.45, 7) is 2.17. The standard InChI is InChI=1S/C19H23ClN2O4S/c1-3-15-8-10-16(11-9-15)22(27(2,24)25)14-19(23)21-12-13-26-18-7-5-4-6-17(18)20/h4-11H,3,12-14H2,1-2H3,(H,21,23). The minimum absolute atomic E-state index is 0.222. The highest BCUT2D eigenvalue weighted by atomic mass is 35.5. The molecule has 1 N–H and O–H groups in total. The molecule has 146 valence electrons. The molecule has 0 aliphatic rings. The van der Waals surface area contributed by atoms with Gasteiger partial charge in [0.2, 0.25) is 15.9 Å². The van der Waals surface area contributed by atoms with Gasteiger partial charge in [-0.3, -0.25) is 9.10 Å². The van der Waals surface area contributed by atoms with E-state index in [4.69, 9.17) is 16.3 Å². The molecule has 2 aromatic rings. The summed E-state index contributed by atoms with van der Waals surface area (Å²) < 4.78 is 30.7. The van der Waals surface area contributed by atoms with Crippen molar-refractivity contribution < 1.29 is 17.9 Å². The molecule has 2 rings (SSSR count). The van der Waals surface area contributed by atoms with Crippen molar-refractivity contribution in [3.05, 3.63) is 59.1 Å². The maximum absolute atomic E-state index is 12.2. The highest BCUT2D eigenvalue weighted by Gasteiger charge is 2.20. The molecule has 0 aliphatic carbocycles.